The Kier molecular flexibility index (Phi) is 6.88. The van der Waals surface area contributed by atoms with Gasteiger partial charge >= 0.3 is 11.9 Å². The minimum Gasteiger partial charge on any atom is -0.481 e. The number of nitrogens with one attached hydrogen (secondary N) is 1. The van der Waals surface area contributed by atoms with Gasteiger partial charge in [-0.25, -0.2) is 0 Å². The van der Waals surface area contributed by atoms with Gasteiger partial charge in [0, 0.05) is 13.0 Å². The summed E-state index contributed by atoms with van der Waals surface area (Å²) in [7, 11) is 0. The van der Waals surface area contributed by atoms with Gasteiger partial charge in [0.25, 0.3) is 0 Å². The number of carboxylic acids is 2. The molecule has 2 atom stereocenters. The summed E-state index contributed by atoms with van der Waals surface area (Å²) >= 11 is 0. The van der Waals surface area contributed by atoms with Crippen molar-refractivity contribution in [2.45, 2.75) is 32.2 Å². The van der Waals surface area contributed by atoms with Crippen LogP contribution in [0.5, 0.6) is 0 Å². The molecule has 0 aliphatic rings. The van der Waals surface area contributed by atoms with Crippen molar-refractivity contribution in [3.8, 4) is 0 Å². The predicted molar refractivity (Wildman–Crippen MR) is 59.3 cm³/mol. The third-order valence-electron chi connectivity index (χ3n) is 2.37. The molecule has 0 saturated heterocycles. The van der Waals surface area contributed by atoms with Crippen LogP contribution in [-0.4, -0.2) is 40.6 Å². The number of hydrogen-bond acceptors (Lipinski definition) is 4. The fourth-order valence-electron chi connectivity index (χ4n) is 1.17. The van der Waals surface area contributed by atoms with Gasteiger partial charge < -0.3 is 21.3 Å². The Morgan fingerprint density at radius 1 is 1.29 bits per heavy atom. The highest BCUT2D eigenvalue weighted by Crippen LogP contribution is 2.01. The van der Waals surface area contributed by atoms with Crippen molar-refractivity contribution >= 4 is 17.8 Å². The molecule has 7 nitrogen and oxygen atoms in total. The third kappa shape index (κ3) is 6.52. The van der Waals surface area contributed by atoms with E-state index in [1.807, 2.05) is 0 Å². The summed E-state index contributed by atoms with van der Waals surface area (Å²) in [6, 6.07) is -0.919. The highest BCUT2D eigenvalue weighted by Gasteiger charge is 2.19. The fraction of sp³-hybridized carbons (Fsp3) is 0.700. The van der Waals surface area contributed by atoms with Gasteiger partial charge in [0.2, 0.25) is 5.91 Å². The standard InChI is InChI=1S/C10H18N2O5/c1-2-6(10(16)17)5-12-9(15)7(11)3-4-8(13)14/h6-7H,2-5,11H2,1H3,(H,12,15)(H,13,14)(H,16,17). The summed E-state index contributed by atoms with van der Waals surface area (Å²) in [6.07, 6.45) is 0.246. The molecule has 0 rings (SSSR count). The van der Waals surface area contributed by atoms with Gasteiger partial charge in [0.1, 0.15) is 0 Å². The number of carbonyl (C=O) groups excluding carboxylic acids is 1. The summed E-state index contributed by atoms with van der Waals surface area (Å²) in [4.78, 5) is 32.3. The van der Waals surface area contributed by atoms with Gasteiger partial charge in [-0.15, -0.1) is 0 Å². The summed E-state index contributed by atoms with van der Waals surface area (Å²) in [6.45, 7) is 1.71. The van der Waals surface area contributed by atoms with Crippen LogP contribution in [0.15, 0.2) is 0 Å². The zero-order chi connectivity index (χ0) is 13.4. The molecule has 0 saturated carbocycles. The zero-order valence-electron chi connectivity index (χ0n) is 9.68. The van der Waals surface area contributed by atoms with Crippen LogP contribution >= 0.6 is 0 Å². The van der Waals surface area contributed by atoms with E-state index in [2.05, 4.69) is 5.32 Å². The first-order valence-corrected chi connectivity index (χ1v) is 5.36. The Hall–Kier alpha value is -1.63. The highest BCUT2D eigenvalue weighted by atomic mass is 16.4. The number of hydrogen-bond donors (Lipinski definition) is 4. The highest BCUT2D eigenvalue weighted by molar-refractivity contribution is 5.82. The number of amides is 1. The maximum atomic E-state index is 11.4. The topological polar surface area (TPSA) is 130 Å². The molecule has 0 aromatic rings. The van der Waals surface area contributed by atoms with Crippen molar-refractivity contribution < 1.29 is 24.6 Å². The van der Waals surface area contributed by atoms with Crippen LogP contribution in [0.2, 0.25) is 0 Å². The lowest BCUT2D eigenvalue weighted by atomic mass is 10.1. The van der Waals surface area contributed by atoms with Crippen molar-refractivity contribution in [2.24, 2.45) is 11.7 Å². The maximum absolute atomic E-state index is 11.4. The van der Waals surface area contributed by atoms with E-state index in [1.165, 1.54) is 0 Å². The van der Waals surface area contributed by atoms with Crippen LogP contribution in [0.1, 0.15) is 26.2 Å². The number of nitrogens with two attached hydrogens (primary N) is 1. The van der Waals surface area contributed by atoms with Crippen molar-refractivity contribution in [2.75, 3.05) is 6.54 Å². The second kappa shape index (κ2) is 7.61. The van der Waals surface area contributed by atoms with Crippen LogP contribution in [0.3, 0.4) is 0 Å². The first kappa shape index (κ1) is 15.4. The van der Waals surface area contributed by atoms with E-state index in [1.54, 1.807) is 6.92 Å². The normalized spacial score (nSPS) is 13.8. The Balaban J connectivity index is 3.99. The number of carbonyl (C=O) groups is 3. The van der Waals surface area contributed by atoms with Crippen LogP contribution in [-0.2, 0) is 14.4 Å². The maximum Gasteiger partial charge on any atom is 0.308 e. The van der Waals surface area contributed by atoms with E-state index in [0.717, 1.165) is 0 Å². The average molecular weight is 246 g/mol. The fourth-order valence-corrected chi connectivity index (χ4v) is 1.17. The summed E-state index contributed by atoms with van der Waals surface area (Å²) in [5, 5.41) is 19.5. The number of carboxylic acid groups (broad SMARTS) is 2. The lowest BCUT2D eigenvalue weighted by Gasteiger charge is -2.14. The minimum atomic E-state index is -1.02. The van der Waals surface area contributed by atoms with Gasteiger partial charge in [0.05, 0.1) is 12.0 Å². The van der Waals surface area contributed by atoms with Gasteiger partial charge in [0.15, 0.2) is 0 Å². The number of aliphatic carboxylic acids is 2. The molecule has 0 heterocycles. The van der Waals surface area contributed by atoms with Crippen LogP contribution < -0.4 is 11.1 Å². The molecule has 0 aromatic heterocycles. The summed E-state index contributed by atoms with van der Waals surface area (Å²) < 4.78 is 0. The van der Waals surface area contributed by atoms with Gasteiger partial charge in [-0.1, -0.05) is 6.92 Å². The van der Waals surface area contributed by atoms with E-state index in [9.17, 15) is 14.4 Å². The van der Waals surface area contributed by atoms with E-state index < -0.39 is 29.8 Å². The Morgan fingerprint density at radius 2 is 1.88 bits per heavy atom. The molecule has 2 unspecified atom stereocenters. The van der Waals surface area contributed by atoms with Crippen LogP contribution in [0.25, 0.3) is 0 Å². The zero-order valence-corrected chi connectivity index (χ0v) is 9.68. The molecule has 98 valence electrons. The van der Waals surface area contributed by atoms with Crippen molar-refractivity contribution in [3.05, 3.63) is 0 Å². The van der Waals surface area contributed by atoms with Crippen LogP contribution in [0.4, 0.5) is 0 Å². The van der Waals surface area contributed by atoms with Gasteiger partial charge in [-0.2, -0.15) is 0 Å². The molecule has 1 amide bonds. The molecule has 0 radical (unpaired) electrons. The van der Waals surface area contributed by atoms with E-state index >= 15 is 0 Å². The number of rotatable bonds is 8. The molecule has 5 N–H and O–H groups in total. The average Bonchev–Trinajstić information content (AvgIpc) is 2.25. The van der Waals surface area contributed by atoms with Crippen LogP contribution in [0, 0.1) is 5.92 Å². The molecule has 17 heavy (non-hydrogen) atoms. The Labute approximate surface area is 99.0 Å². The SMILES string of the molecule is CCC(CNC(=O)C(N)CCC(=O)O)C(=O)O. The van der Waals surface area contributed by atoms with Gasteiger partial charge in [-0.05, 0) is 12.8 Å². The van der Waals surface area contributed by atoms with Gasteiger partial charge in [-0.3, -0.25) is 14.4 Å². The van der Waals surface area contributed by atoms with E-state index in [-0.39, 0.29) is 19.4 Å². The molecule has 0 aliphatic heterocycles. The largest absolute Gasteiger partial charge is 0.481 e. The second-order valence-corrected chi connectivity index (χ2v) is 3.73. The third-order valence-corrected chi connectivity index (χ3v) is 2.37. The second-order valence-electron chi connectivity index (χ2n) is 3.73. The molecule has 0 fully saturated rings. The molecule has 0 aromatic carbocycles. The summed E-state index contributed by atoms with van der Waals surface area (Å²) in [5.41, 5.74) is 5.45. The van der Waals surface area contributed by atoms with Crippen molar-refractivity contribution in [1.29, 1.82) is 0 Å². The molecule has 7 heteroatoms. The minimum absolute atomic E-state index is 0.00539. The lowest BCUT2D eigenvalue weighted by molar-refractivity contribution is -0.141. The van der Waals surface area contributed by atoms with Crippen molar-refractivity contribution in [1.82, 2.24) is 5.32 Å². The molecular formula is C10H18N2O5. The molecule has 0 bridgehead atoms. The molecule has 0 spiro atoms. The molecular weight excluding hydrogens is 228 g/mol. The smallest absolute Gasteiger partial charge is 0.308 e. The first-order valence-electron chi connectivity index (χ1n) is 5.36. The lowest BCUT2D eigenvalue weighted by Crippen LogP contribution is -2.43. The molecule has 0 aliphatic carbocycles. The first-order chi connectivity index (χ1) is 7.88. The van der Waals surface area contributed by atoms with E-state index in [0.29, 0.717) is 6.42 Å². The van der Waals surface area contributed by atoms with Crippen molar-refractivity contribution in [3.63, 3.8) is 0 Å². The monoisotopic (exact) mass is 246 g/mol. The quantitative estimate of drug-likeness (QED) is 0.452. The van der Waals surface area contributed by atoms with E-state index in [4.69, 9.17) is 15.9 Å². The Bertz CT molecular complexity index is 292. The summed E-state index contributed by atoms with van der Waals surface area (Å²) in [5.74, 6) is -3.17. The Morgan fingerprint density at radius 3 is 2.29 bits per heavy atom. The predicted octanol–water partition coefficient (Wildman–Crippen LogP) is -0.594.